The molecule has 0 atom stereocenters. The van der Waals surface area contributed by atoms with Crippen LogP contribution in [0, 0.1) is 9.39 Å². The van der Waals surface area contributed by atoms with E-state index in [2.05, 4.69) is 27.7 Å². The van der Waals surface area contributed by atoms with Crippen LogP contribution >= 0.6 is 34.2 Å². The van der Waals surface area contributed by atoms with E-state index >= 15 is 0 Å². The van der Waals surface area contributed by atoms with Crippen LogP contribution in [0.5, 0.6) is 11.5 Å². The Morgan fingerprint density at radius 3 is 2.68 bits per heavy atom. The molecule has 0 unspecified atom stereocenters. The average molecular weight is 680 g/mol. The zero-order valence-electron chi connectivity index (χ0n) is 21.5. The van der Waals surface area contributed by atoms with E-state index in [0.717, 1.165) is 14.5 Å². The van der Waals surface area contributed by atoms with Crippen LogP contribution in [0.3, 0.4) is 0 Å². The Labute approximate surface area is 251 Å². The summed E-state index contributed by atoms with van der Waals surface area (Å²) in [5, 5.41) is 6.30. The van der Waals surface area contributed by atoms with Crippen molar-refractivity contribution in [3.63, 3.8) is 0 Å². The Morgan fingerprint density at radius 1 is 1.07 bits per heavy atom. The van der Waals surface area contributed by atoms with Crippen molar-refractivity contribution in [2.75, 3.05) is 7.11 Å². The summed E-state index contributed by atoms with van der Waals surface area (Å²) in [4.78, 5) is 18.3. The minimum Gasteiger partial charge on any atom is -0.493 e. The summed E-state index contributed by atoms with van der Waals surface area (Å²) in [6.45, 7) is 0.240. The Bertz CT molecular complexity index is 2000. The molecular weight excluding hydrogens is 660 g/mol. The Kier molecular flexibility index (Phi) is 7.46. The summed E-state index contributed by atoms with van der Waals surface area (Å²) in [6, 6.07) is 23.9. The molecule has 6 rings (SSSR count). The van der Waals surface area contributed by atoms with Gasteiger partial charge in [0.15, 0.2) is 17.3 Å². The average Bonchev–Trinajstić information content (AvgIpc) is 3.39. The van der Waals surface area contributed by atoms with Gasteiger partial charge in [0.05, 0.1) is 27.8 Å². The number of fused-ring (bicyclic) bond motifs is 2. The molecule has 0 radical (unpaired) electrons. The molecule has 6 aromatic rings. The van der Waals surface area contributed by atoms with Gasteiger partial charge in [-0.05, 0) is 94.4 Å². The molecule has 2 aromatic heterocycles. The van der Waals surface area contributed by atoms with Gasteiger partial charge in [0.1, 0.15) is 18.0 Å². The normalized spacial score (nSPS) is 11.5. The van der Waals surface area contributed by atoms with Gasteiger partial charge in [0.2, 0.25) is 5.82 Å². The van der Waals surface area contributed by atoms with E-state index in [0.29, 0.717) is 44.3 Å². The van der Waals surface area contributed by atoms with E-state index in [9.17, 15) is 9.18 Å². The van der Waals surface area contributed by atoms with Crippen LogP contribution in [0.15, 0.2) is 99.2 Å². The zero-order valence-corrected chi connectivity index (χ0v) is 24.4. The molecule has 2 heterocycles. The predicted octanol–water partition coefficient (Wildman–Crippen LogP) is 7.68. The molecule has 41 heavy (non-hydrogen) atoms. The van der Waals surface area contributed by atoms with Crippen LogP contribution in [0.25, 0.3) is 33.5 Å². The molecular formula is C31H20ClFIN3O4. The lowest BCUT2D eigenvalue weighted by Gasteiger charge is -2.14. The van der Waals surface area contributed by atoms with E-state index in [4.69, 9.17) is 30.5 Å². The van der Waals surface area contributed by atoms with Gasteiger partial charge in [0.25, 0.3) is 5.56 Å². The lowest BCUT2D eigenvalue weighted by Crippen LogP contribution is -2.20. The maximum absolute atomic E-state index is 13.6. The standard InChI is InChI=1S/C31H20ClFIN3O4/c1-39-27-13-19(12-24(34)29(27)40-17-18-6-9-22(33)10-7-18)16-35-37-30(36-25-5-3-2-4-23(25)31(37)38)28-15-20-14-21(32)8-11-26(20)41-28/h2-16H,17H2,1H3. The van der Waals surface area contributed by atoms with E-state index < -0.39 is 0 Å². The van der Waals surface area contributed by atoms with Crippen LogP contribution in [-0.2, 0) is 6.61 Å². The van der Waals surface area contributed by atoms with Gasteiger partial charge in [-0.25, -0.2) is 9.37 Å². The number of rotatable bonds is 7. The smallest absolute Gasteiger partial charge is 0.282 e. The minimum atomic E-state index is -0.346. The Balaban J connectivity index is 1.39. The van der Waals surface area contributed by atoms with Gasteiger partial charge in [-0.3, -0.25) is 4.79 Å². The molecule has 0 bridgehead atoms. The second kappa shape index (κ2) is 11.3. The molecule has 0 N–H and O–H groups in total. The number of benzene rings is 4. The molecule has 4 aromatic carbocycles. The molecule has 0 aliphatic carbocycles. The van der Waals surface area contributed by atoms with Gasteiger partial charge in [-0.2, -0.15) is 9.78 Å². The topological polar surface area (TPSA) is 78.9 Å². The number of hydrogen-bond donors (Lipinski definition) is 0. The van der Waals surface area contributed by atoms with Crippen LogP contribution in [0.1, 0.15) is 11.1 Å². The lowest BCUT2D eigenvalue weighted by atomic mass is 10.2. The highest BCUT2D eigenvalue weighted by Crippen LogP contribution is 2.34. The number of para-hydroxylation sites is 1. The van der Waals surface area contributed by atoms with Gasteiger partial charge >= 0.3 is 0 Å². The third kappa shape index (κ3) is 5.55. The van der Waals surface area contributed by atoms with Gasteiger partial charge in [-0.15, -0.1) is 0 Å². The number of methoxy groups -OCH3 is 1. The third-order valence-corrected chi connectivity index (χ3v) is 7.36. The second-order valence-corrected chi connectivity index (χ2v) is 10.7. The van der Waals surface area contributed by atoms with E-state index in [-0.39, 0.29) is 23.8 Å². The molecule has 0 fully saturated rings. The van der Waals surface area contributed by atoms with Crippen molar-refractivity contribution in [3.05, 3.63) is 121 Å². The fourth-order valence-corrected chi connectivity index (χ4v) is 5.29. The van der Waals surface area contributed by atoms with Crippen LogP contribution in [0.4, 0.5) is 4.39 Å². The van der Waals surface area contributed by atoms with Crippen molar-refractivity contribution in [3.8, 4) is 23.1 Å². The second-order valence-electron chi connectivity index (χ2n) is 9.06. The Hall–Kier alpha value is -4.22. The van der Waals surface area contributed by atoms with Crippen LogP contribution in [-0.4, -0.2) is 23.0 Å². The summed E-state index contributed by atoms with van der Waals surface area (Å²) >= 11 is 8.31. The SMILES string of the molecule is COc1cc(C=Nn2c(-c3cc4cc(Cl)ccc4o3)nc3ccccc3c2=O)cc(I)c1OCc1ccc(F)cc1. The molecule has 7 nitrogen and oxygen atoms in total. The fraction of sp³-hybridized carbons (Fsp3) is 0.0645. The first-order chi connectivity index (χ1) is 19.9. The monoisotopic (exact) mass is 679 g/mol. The van der Waals surface area contributed by atoms with Crippen LogP contribution < -0.4 is 15.0 Å². The largest absolute Gasteiger partial charge is 0.493 e. The molecule has 0 spiro atoms. The molecule has 0 saturated heterocycles. The maximum Gasteiger partial charge on any atom is 0.282 e. The maximum atomic E-state index is 13.6. The minimum absolute atomic E-state index is 0.240. The van der Waals surface area contributed by atoms with Crippen molar-refractivity contribution in [2.45, 2.75) is 6.61 Å². The number of aromatic nitrogens is 2. The van der Waals surface area contributed by atoms with Crippen molar-refractivity contribution >= 4 is 62.3 Å². The lowest BCUT2D eigenvalue weighted by molar-refractivity contribution is 0.282. The first-order valence-corrected chi connectivity index (χ1v) is 13.9. The molecule has 0 aliphatic rings. The highest BCUT2D eigenvalue weighted by Gasteiger charge is 2.17. The van der Waals surface area contributed by atoms with E-state index in [1.807, 2.05) is 12.1 Å². The first-order valence-electron chi connectivity index (χ1n) is 12.4. The summed E-state index contributed by atoms with van der Waals surface area (Å²) in [5.41, 5.74) is 2.27. The number of hydrogen-bond acceptors (Lipinski definition) is 6. The van der Waals surface area contributed by atoms with E-state index in [1.165, 1.54) is 16.8 Å². The quantitative estimate of drug-likeness (QED) is 0.128. The van der Waals surface area contributed by atoms with Crippen LogP contribution in [0.2, 0.25) is 5.02 Å². The summed E-state index contributed by atoms with van der Waals surface area (Å²) in [7, 11) is 1.54. The summed E-state index contributed by atoms with van der Waals surface area (Å²) < 4.78 is 32.9. The number of nitrogens with zero attached hydrogens (tertiary/aromatic N) is 3. The fourth-order valence-electron chi connectivity index (χ4n) is 4.33. The number of halogens is 3. The molecule has 0 saturated carbocycles. The summed E-state index contributed by atoms with van der Waals surface area (Å²) in [5.74, 6) is 1.34. The van der Waals surface area contributed by atoms with Crippen molar-refractivity contribution in [1.82, 2.24) is 9.66 Å². The zero-order chi connectivity index (χ0) is 28.5. The van der Waals surface area contributed by atoms with Crippen molar-refractivity contribution in [2.24, 2.45) is 5.10 Å². The Morgan fingerprint density at radius 2 is 1.88 bits per heavy atom. The highest BCUT2D eigenvalue weighted by molar-refractivity contribution is 14.1. The van der Waals surface area contributed by atoms with Crippen molar-refractivity contribution in [1.29, 1.82) is 0 Å². The molecule has 204 valence electrons. The van der Waals surface area contributed by atoms with E-state index in [1.54, 1.807) is 74.0 Å². The van der Waals surface area contributed by atoms with Crippen molar-refractivity contribution < 1.29 is 18.3 Å². The highest BCUT2D eigenvalue weighted by atomic mass is 127. The van der Waals surface area contributed by atoms with Gasteiger partial charge in [-0.1, -0.05) is 35.9 Å². The molecule has 0 aliphatic heterocycles. The van der Waals surface area contributed by atoms with Gasteiger partial charge < -0.3 is 13.9 Å². The number of furan rings is 1. The molecule has 0 amide bonds. The first kappa shape index (κ1) is 27.0. The number of ether oxygens (including phenoxy) is 2. The predicted molar refractivity (Wildman–Crippen MR) is 166 cm³/mol. The summed E-state index contributed by atoms with van der Waals surface area (Å²) in [6.07, 6.45) is 1.55. The molecule has 10 heteroatoms. The third-order valence-electron chi connectivity index (χ3n) is 6.32. The van der Waals surface area contributed by atoms with Gasteiger partial charge in [0, 0.05) is 10.4 Å².